The Labute approximate surface area is 126 Å². The molecular formula is C16H25N3O2. The van der Waals surface area contributed by atoms with Gasteiger partial charge in [-0.2, -0.15) is 0 Å². The molecule has 2 atom stereocenters. The molecule has 1 rings (SSSR count). The number of nitrogens with one attached hydrogen (secondary N) is 1. The maximum Gasteiger partial charge on any atom is 0.244 e. The molecule has 5 heteroatoms. The summed E-state index contributed by atoms with van der Waals surface area (Å²) < 4.78 is 0. The molecule has 21 heavy (non-hydrogen) atoms. The van der Waals surface area contributed by atoms with Gasteiger partial charge in [-0.15, -0.1) is 0 Å². The van der Waals surface area contributed by atoms with Crippen molar-refractivity contribution in [3.8, 4) is 0 Å². The highest BCUT2D eigenvalue weighted by Crippen LogP contribution is 2.12. The molecule has 0 aliphatic rings. The molecule has 0 saturated heterocycles. The van der Waals surface area contributed by atoms with Crippen molar-refractivity contribution in [3.05, 3.63) is 35.4 Å². The summed E-state index contributed by atoms with van der Waals surface area (Å²) in [6.07, 6.45) is 0. The normalized spacial score (nSPS) is 13.4. The van der Waals surface area contributed by atoms with E-state index in [1.165, 1.54) is 0 Å². The highest BCUT2D eigenvalue weighted by Gasteiger charge is 2.23. The lowest BCUT2D eigenvalue weighted by Crippen LogP contribution is -2.49. The van der Waals surface area contributed by atoms with Gasteiger partial charge < -0.3 is 16.0 Å². The number of benzene rings is 1. The first kappa shape index (κ1) is 17.2. The summed E-state index contributed by atoms with van der Waals surface area (Å²) in [5.41, 5.74) is 7.79. The zero-order valence-corrected chi connectivity index (χ0v) is 13.2. The lowest BCUT2D eigenvalue weighted by Gasteiger charge is -2.24. The summed E-state index contributed by atoms with van der Waals surface area (Å²) in [5.74, 6) is -0.434. The Morgan fingerprint density at radius 2 is 1.71 bits per heavy atom. The Morgan fingerprint density at radius 3 is 2.19 bits per heavy atom. The maximum atomic E-state index is 12.1. The largest absolute Gasteiger partial charge is 0.343 e. The van der Waals surface area contributed by atoms with Crippen molar-refractivity contribution in [1.29, 1.82) is 0 Å². The van der Waals surface area contributed by atoms with Crippen LogP contribution in [0.3, 0.4) is 0 Å². The van der Waals surface area contributed by atoms with Crippen molar-refractivity contribution in [2.75, 3.05) is 13.1 Å². The number of hydrogen-bond donors (Lipinski definition) is 2. The van der Waals surface area contributed by atoms with E-state index in [-0.39, 0.29) is 11.8 Å². The van der Waals surface area contributed by atoms with Crippen LogP contribution in [0, 0.1) is 6.92 Å². The van der Waals surface area contributed by atoms with Gasteiger partial charge in [-0.3, -0.25) is 9.59 Å². The van der Waals surface area contributed by atoms with Crippen molar-refractivity contribution >= 4 is 11.8 Å². The van der Waals surface area contributed by atoms with Crippen LogP contribution in [0.15, 0.2) is 24.3 Å². The fourth-order valence-corrected chi connectivity index (χ4v) is 2.10. The Bertz CT molecular complexity index is 481. The number of hydrogen-bond acceptors (Lipinski definition) is 3. The molecule has 0 aliphatic heterocycles. The van der Waals surface area contributed by atoms with E-state index in [0.29, 0.717) is 13.1 Å². The summed E-state index contributed by atoms with van der Waals surface area (Å²) in [7, 11) is 0. The Balaban J connectivity index is 2.67. The standard InChI is InChI=1S/C16H25N3O2/c1-5-19(6-2)16(21)12(4)18-15(20)14(17)13-9-7-11(3)8-10-13/h7-10,12,14H,5-6,17H2,1-4H3,(H,18,20). The molecule has 0 spiro atoms. The molecule has 116 valence electrons. The summed E-state index contributed by atoms with van der Waals surface area (Å²) in [5, 5.41) is 2.69. The highest BCUT2D eigenvalue weighted by molar-refractivity contribution is 5.90. The molecule has 0 aliphatic carbocycles. The molecule has 0 aromatic heterocycles. The molecule has 1 aromatic rings. The van der Waals surface area contributed by atoms with Crippen molar-refractivity contribution in [1.82, 2.24) is 10.2 Å². The average molecular weight is 291 g/mol. The molecule has 0 bridgehead atoms. The predicted octanol–water partition coefficient (Wildman–Crippen LogP) is 1.37. The van der Waals surface area contributed by atoms with E-state index in [2.05, 4.69) is 5.32 Å². The molecule has 0 radical (unpaired) electrons. The zero-order chi connectivity index (χ0) is 16.0. The molecule has 3 N–H and O–H groups in total. The monoisotopic (exact) mass is 291 g/mol. The molecule has 5 nitrogen and oxygen atoms in total. The van der Waals surface area contributed by atoms with Crippen molar-refractivity contribution in [2.24, 2.45) is 5.73 Å². The number of carbonyl (C=O) groups is 2. The predicted molar refractivity (Wildman–Crippen MR) is 83.6 cm³/mol. The SMILES string of the molecule is CCN(CC)C(=O)C(C)NC(=O)C(N)c1ccc(C)cc1. The second kappa shape index (κ2) is 7.78. The first-order valence-electron chi connectivity index (χ1n) is 7.32. The maximum absolute atomic E-state index is 12.1. The fraction of sp³-hybridized carbons (Fsp3) is 0.500. The number of aryl methyl sites for hydroxylation is 1. The molecule has 1 aromatic carbocycles. The first-order chi connectivity index (χ1) is 9.90. The Kier molecular flexibility index (Phi) is 6.37. The van der Waals surface area contributed by atoms with E-state index in [9.17, 15) is 9.59 Å². The number of likely N-dealkylation sites (N-methyl/N-ethyl adjacent to an activating group) is 1. The molecule has 2 amide bonds. The minimum atomic E-state index is -0.766. The van der Waals surface area contributed by atoms with E-state index < -0.39 is 12.1 Å². The van der Waals surface area contributed by atoms with E-state index in [4.69, 9.17) is 5.73 Å². The van der Waals surface area contributed by atoms with Gasteiger partial charge in [0.15, 0.2) is 0 Å². The van der Waals surface area contributed by atoms with Gasteiger partial charge in [0.25, 0.3) is 0 Å². The summed E-state index contributed by atoms with van der Waals surface area (Å²) in [6.45, 7) is 8.72. The van der Waals surface area contributed by atoms with E-state index in [1.807, 2.05) is 45.0 Å². The minimum absolute atomic E-state index is 0.0931. The minimum Gasteiger partial charge on any atom is -0.343 e. The summed E-state index contributed by atoms with van der Waals surface area (Å²) in [4.78, 5) is 25.9. The smallest absolute Gasteiger partial charge is 0.244 e. The lowest BCUT2D eigenvalue weighted by molar-refractivity contribution is -0.136. The van der Waals surface area contributed by atoms with E-state index in [1.54, 1.807) is 11.8 Å². The highest BCUT2D eigenvalue weighted by atomic mass is 16.2. The zero-order valence-electron chi connectivity index (χ0n) is 13.2. The number of nitrogens with zero attached hydrogens (tertiary/aromatic N) is 1. The topological polar surface area (TPSA) is 75.4 Å². The Morgan fingerprint density at radius 1 is 1.19 bits per heavy atom. The van der Waals surface area contributed by atoms with Crippen LogP contribution in [0.1, 0.15) is 37.9 Å². The molecule has 2 unspecified atom stereocenters. The van der Waals surface area contributed by atoms with Crippen LogP contribution in [0.2, 0.25) is 0 Å². The van der Waals surface area contributed by atoms with Gasteiger partial charge in [0.1, 0.15) is 12.1 Å². The molecule has 0 heterocycles. The Hall–Kier alpha value is -1.88. The number of carbonyl (C=O) groups excluding carboxylic acids is 2. The van der Waals surface area contributed by atoms with Crippen molar-refractivity contribution in [2.45, 2.75) is 39.8 Å². The fourth-order valence-electron chi connectivity index (χ4n) is 2.10. The third-order valence-electron chi connectivity index (χ3n) is 3.52. The summed E-state index contributed by atoms with van der Waals surface area (Å²) >= 11 is 0. The van der Waals surface area contributed by atoms with Gasteiger partial charge in [-0.25, -0.2) is 0 Å². The second-order valence-electron chi connectivity index (χ2n) is 5.13. The molecule has 0 saturated carbocycles. The molecular weight excluding hydrogens is 266 g/mol. The van der Waals surface area contributed by atoms with Gasteiger partial charge in [0.2, 0.25) is 11.8 Å². The van der Waals surface area contributed by atoms with Crippen LogP contribution < -0.4 is 11.1 Å². The van der Waals surface area contributed by atoms with Crippen molar-refractivity contribution < 1.29 is 9.59 Å². The third-order valence-corrected chi connectivity index (χ3v) is 3.52. The van der Waals surface area contributed by atoms with Gasteiger partial charge in [0.05, 0.1) is 0 Å². The molecule has 0 fully saturated rings. The average Bonchev–Trinajstić information content (AvgIpc) is 2.48. The van der Waals surface area contributed by atoms with Crippen LogP contribution in [-0.2, 0) is 9.59 Å². The number of nitrogens with two attached hydrogens (primary N) is 1. The van der Waals surface area contributed by atoms with Crippen molar-refractivity contribution in [3.63, 3.8) is 0 Å². The van der Waals surface area contributed by atoms with Gasteiger partial charge in [-0.1, -0.05) is 29.8 Å². The van der Waals surface area contributed by atoms with Crippen LogP contribution in [-0.4, -0.2) is 35.8 Å². The second-order valence-corrected chi connectivity index (χ2v) is 5.13. The first-order valence-corrected chi connectivity index (χ1v) is 7.32. The number of amides is 2. The quantitative estimate of drug-likeness (QED) is 0.831. The summed E-state index contributed by atoms with van der Waals surface area (Å²) in [6, 6.07) is 6.14. The lowest BCUT2D eigenvalue weighted by atomic mass is 10.0. The van der Waals surface area contributed by atoms with Crippen LogP contribution in [0.25, 0.3) is 0 Å². The third kappa shape index (κ3) is 4.56. The van der Waals surface area contributed by atoms with Crippen LogP contribution >= 0.6 is 0 Å². The van der Waals surface area contributed by atoms with Gasteiger partial charge >= 0.3 is 0 Å². The van der Waals surface area contributed by atoms with Crippen LogP contribution in [0.5, 0.6) is 0 Å². The number of rotatable bonds is 6. The van der Waals surface area contributed by atoms with Gasteiger partial charge in [0, 0.05) is 13.1 Å². The van der Waals surface area contributed by atoms with E-state index in [0.717, 1.165) is 11.1 Å². The van der Waals surface area contributed by atoms with E-state index >= 15 is 0 Å². The van der Waals surface area contributed by atoms with Gasteiger partial charge in [-0.05, 0) is 33.3 Å². The van der Waals surface area contributed by atoms with Crippen LogP contribution in [0.4, 0.5) is 0 Å².